The summed E-state index contributed by atoms with van der Waals surface area (Å²) in [6.45, 7) is 8.55. The van der Waals surface area contributed by atoms with Crippen molar-refractivity contribution in [3.8, 4) is 0 Å². The summed E-state index contributed by atoms with van der Waals surface area (Å²) in [6, 6.07) is 3.27. The van der Waals surface area contributed by atoms with Crippen LogP contribution in [0.15, 0.2) is 29.4 Å². The van der Waals surface area contributed by atoms with Gasteiger partial charge in [-0.2, -0.15) is 4.31 Å². The van der Waals surface area contributed by atoms with E-state index in [4.69, 9.17) is 4.98 Å². The van der Waals surface area contributed by atoms with E-state index < -0.39 is 10.0 Å². The molecule has 1 fully saturated rings. The highest BCUT2D eigenvalue weighted by atomic mass is 32.2. The molecule has 6 nitrogen and oxygen atoms in total. The lowest BCUT2D eigenvalue weighted by molar-refractivity contribution is 0.377. The Morgan fingerprint density at radius 2 is 2.04 bits per heavy atom. The van der Waals surface area contributed by atoms with E-state index in [1.54, 1.807) is 22.6 Å². The molecule has 0 atom stereocenters. The van der Waals surface area contributed by atoms with Crippen LogP contribution in [0.5, 0.6) is 0 Å². The van der Waals surface area contributed by atoms with Crippen LogP contribution in [0.3, 0.4) is 0 Å². The Kier molecular flexibility index (Phi) is 4.63. The summed E-state index contributed by atoms with van der Waals surface area (Å²) < 4.78 is 29.9. The summed E-state index contributed by atoms with van der Waals surface area (Å²) in [4.78, 5) is 9.13. The molecule has 146 valence electrons. The molecule has 0 aromatic carbocycles. The molecule has 1 saturated carbocycles. The maximum atomic E-state index is 13.0. The molecule has 0 bridgehead atoms. The number of aromatic nitrogens is 3. The number of rotatable bonds is 5. The van der Waals surface area contributed by atoms with Crippen LogP contribution < -0.4 is 0 Å². The van der Waals surface area contributed by atoms with Gasteiger partial charge in [-0.15, -0.1) is 0 Å². The molecular weight excluding hydrogens is 360 g/mol. The van der Waals surface area contributed by atoms with Crippen LogP contribution in [-0.4, -0.2) is 33.8 Å². The molecule has 0 saturated heterocycles. The summed E-state index contributed by atoms with van der Waals surface area (Å²) >= 11 is 0. The van der Waals surface area contributed by atoms with Gasteiger partial charge in [0.15, 0.2) is 0 Å². The van der Waals surface area contributed by atoms with Gasteiger partial charge in [0.25, 0.3) is 0 Å². The number of hydrogen-bond donors (Lipinski definition) is 0. The third-order valence-corrected chi connectivity index (χ3v) is 7.09. The van der Waals surface area contributed by atoms with Crippen molar-refractivity contribution in [1.82, 2.24) is 18.8 Å². The molecule has 1 aliphatic carbocycles. The Morgan fingerprint density at radius 1 is 1.26 bits per heavy atom. The van der Waals surface area contributed by atoms with Crippen LogP contribution in [0.2, 0.25) is 0 Å². The maximum absolute atomic E-state index is 13.0. The Labute approximate surface area is 161 Å². The first-order valence-corrected chi connectivity index (χ1v) is 11.2. The van der Waals surface area contributed by atoms with Crippen molar-refractivity contribution in [2.45, 2.75) is 64.4 Å². The van der Waals surface area contributed by atoms with Crippen LogP contribution >= 0.6 is 0 Å². The summed E-state index contributed by atoms with van der Waals surface area (Å²) in [5.41, 5.74) is 2.31. The van der Waals surface area contributed by atoms with Crippen molar-refractivity contribution in [1.29, 1.82) is 0 Å². The van der Waals surface area contributed by atoms with Gasteiger partial charge in [-0.1, -0.05) is 20.8 Å². The molecule has 2 aromatic heterocycles. The number of imidazole rings is 1. The van der Waals surface area contributed by atoms with Gasteiger partial charge >= 0.3 is 0 Å². The van der Waals surface area contributed by atoms with Crippen molar-refractivity contribution in [3.63, 3.8) is 0 Å². The van der Waals surface area contributed by atoms with Gasteiger partial charge in [-0.3, -0.25) is 4.98 Å². The Hall–Kier alpha value is -1.73. The average molecular weight is 389 g/mol. The molecule has 0 spiro atoms. The van der Waals surface area contributed by atoms with Crippen LogP contribution in [0, 0.1) is 11.3 Å². The minimum Gasteiger partial charge on any atom is -0.331 e. The monoisotopic (exact) mass is 388 g/mol. The van der Waals surface area contributed by atoms with E-state index in [0.717, 1.165) is 36.8 Å². The van der Waals surface area contributed by atoms with Gasteiger partial charge < -0.3 is 4.57 Å². The number of hydrogen-bond acceptors (Lipinski definition) is 4. The van der Waals surface area contributed by atoms with E-state index in [1.165, 1.54) is 24.7 Å². The molecule has 2 aliphatic rings. The lowest BCUT2D eigenvalue weighted by Crippen LogP contribution is -2.36. The first-order valence-electron chi connectivity index (χ1n) is 9.71. The Balaban J connectivity index is 1.64. The van der Waals surface area contributed by atoms with E-state index in [9.17, 15) is 8.42 Å². The number of fused-ring (bicyclic) bond motifs is 1. The second kappa shape index (κ2) is 6.71. The number of pyridine rings is 1. The quantitative estimate of drug-likeness (QED) is 0.790. The fourth-order valence-corrected chi connectivity index (χ4v) is 5.08. The molecule has 0 amide bonds. The van der Waals surface area contributed by atoms with E-state index >= 15 is 0 Å². The van der Waals surface area contributed by atoms with Gasteiger partial charge in [0.1, 0.15) is 10.7 Å². The summed E-state index contributed by atoms with van der Waals surface area (Å²) in [6.07, 6.45) is 7.22. The third kappa shape index (κ3) is 3.94. The molecule has 3 heterocycles. The van der Waals surface area contributed by atoms with Gasteiger partial charge in [0.05, 0.1) is 12.2 Å². The molecule has 1 aliphatic heterocycles. The standard InChI is InChI=1S/C20H28N4O2S/c1-20(2,3)11-19-22-17-14-23(27(25,26)16-5-4-9-21-12-16)10-8-18(17)24(19)13-15-6-7-15/h4-5,9,12,15H,6-8,10-11,13-14H2,1-3H3. The molecule has 27 heavy (non-hydrogen) atoms. The van der Waals surface area contributed by atoms with Crippen LogP contribution in [0.25, 0.3) is 0 Å². The molecule has 0 unspecified atom stereocenters. The fraction of sp³-hybridized carbons (Fsp3) is 0.600. The molecule has 4 rings (SSSR count). The maximum Gasteiger partial charge on any atom is 0.244 e. The minimum atomic E-state index is -3.53. The Morgan fingerprint density at radius 3 is 2.67 bits per heavy atom. The summed E-state index contributed by atoms with van der Waals surface area (Å²) in [5.74, 6) is 1.87. The fourth-order valence-electron chi connectivity index (χ4n) is 3.71. The topological polar surface area (TPSA) is 68.1 Å². The van der Waals surface area contributed by atoms with Crippen LogP contribution in [0.1, 0.15) is 50.8 Å². The summed E-state index contributed by atoms with van der Waals surface area (Å²) in [5, 5.41) is 0. The van der Waals surface area contributed by atoms with E-state index in [-0.39, 0.29) is 10.3 Å². The van der Waals surface area contributed by atoms with E-state index in [1.807, 2.05) is 0 Å². The van der Waals surface area contributed by atoms with Crippen molar-refractivity contribution in [2.24, 2.45) is 11.3 Å². The second-order valence-corrected chi connectivity index (χ2v) is 10.9. The lowest BCUT2D eigenvalue weighted by atomic mass is 9.92. The predicted molar refractivity (Wildman–Crippen MR) is 104 cm³/mol. The first-order chi connectivity index (χ1) is 12.7. The van der Waals surface area contributed by atoms with E-state index in [0.29, 0.717) is 13.1 Å². The highest BCUT2D eigenvalue weighted by Gasteiger charge is 2.34. The van der Waals surface area contributed by atoms with Crippen molar-refractivity contribution < 1.29 is 8.42 Å². The van der Waals surface area contributed by atoms with Crippen LogP contribution in [-0.2, 0) is 36.0 Å². The first kappa shape index (κ1) is 18.6. The average Bonchev–Trinajstić information content (AvgIpc) is 3.37. The van der Waals surface area contributed by atoms with Crippen molar-refractivity contribution in [2.75, 3.05) is 6.54 Å². The third-order valence-electron chi connectivity index (χ3n) is 5.26. The number of sulfonamides is 1. The van der Waals surface area contributed by atoms with Crippen molar-refractivity contribution >= 4 is 10.0 Å². The molecular formula is C20H28N4O2S. The molecule has 0 radical (unpaired) electrons. The molecule has 7 heteroatoms. The largest absolute Gasteiger partial charge is 0.331 e. The van der Waals surface area contributed by atoms with Gasteiger partial charge in [-0.05, 0) is 36.3 Å². The zero-order valence-corrected chi connectivity index (χ0v) is 17.2. The normalized spacial score (nSPS) is 18.5. The highest BCUT2D eigenvalue weighted by Crippen LogP contribution is 2.34. The highest BCUT2D eigenvalue weighted by molar-refractivity contribution is 7.89. The zero-order valence-electron chi connectivity index (χ0n) is 16.4. The van der Waals surface area contributed by atoms with Gasteiger partial charge in [0.2, 0.25) is 10.0 Å². The SMILES string of the molecule is CC(C)(C)Cc1nc2c(n1CC1CC1)CCN(S(=O)(=O)c1cccnc1)C2. The minimum absolute atomic E-state index is 0.150. The second-order valence-electron chi connectivity index (χ2n) is 8.99. The van der Waals surface area contributed by atoms with Gasteiger partial charge in [-0.25, -0.2) is 13.4 Å². The van der Waals surface area contributed by atoms with E-state index in [2.05, 4.69) is 30.3 Å². The smallest absolute Gasteiger partial charge is 0.244 e. The molecule has 2 aromatic rings. The Bertz CT molecular complexity index is 925. The zero-order chi connectivity index (χ0) is 19.2. The summed E-state index contributed by atoms with van der Waals surface area (Å²) in [7, 11) is -3.53. The van der Waals surface area contributed by atoms with Crippen LogP contribution in [0.4, 0.5) is 0 Å². The van der Waals surface area contributed by atoms with Crippen molar-refractivity contribution in [3.05, 3.63) is 41.7 Å². The molecule has 0 N–H and O–H groups in total. The van der Waals surface area contributed by atoms with Gasteiger partial charge in [0, 0.05) is 44.0 Å². The predicted octanol–water partition coefficient (Wildman–Crippen LogP) is 3.02. The lowest BCUT2D eigenvalue weighted by Gasteiger charge is -2.26. The number of nitrogens with zero attached hydrogens (tertiary/aromatic N) is 4.